The van der Waals surface area contributed by atoms with Crippen LogP contribution in [0.15, 0.2) is 30.5 Å². The lowest BCUT2D eigenvalue weighted by atomic mass is 10.1. The maximum Gasteiger partial charge on any atom is 0.280 e. The Morgan fingerprint density at radius 1 is 1.36 bits per heavy atom. The second kappa shape index (κ2) is 3.23. The van der Waals surface area contributed by atoms with Crippen LogP contribution in [0.5, 0.6) is 0 Å². The van der Waals surface area contributed by atoms with E-state index in [9.17, 15) is 10.1 Å². The molecule has 14 heavy (non-hydrogen) atoms. The van der Waals surface area contributed by atoms with Gasteiger partial charge in [-0.25, -0.2) is 4.98 Å². The molecule has 0 unspecified atom stereocenters. The Hall–Kier alpha value is -1.68. The number of pyridine rings is 1. The number of nitro groups is 1. The highest BCUT2D eigenvalue weighted by molar-refractivity contribution is 6.35. The van der Waals surface area contributed by atoms with E-state index in [4.69, 9.17) is 11.6 Å². The molecule has 0 spiro atoms. The summed E-state index contributed by atoms with van der Waals surface area (Å²) in [6.45, 7) is 0. The zero-order valence-corrected chi connectivity index (χ0v) is 7.73. The molecular weight excluding hydrogens is 204 g/mol. The van der Waals surface area contributed by atoms with Crippen LogP contribution in [0.3, 0.4) is 0 Å². The van der Waals surface area contributed by atoms with Gasteiger partial charge in [-0.1, -0.05) is 23.7 Å². The van der Waals surface area contributed by atoms with E-state index >= 15 is 0 Å². The number of halogens is 1. The topological polar surface area (TPSA) is 56.0 Å². The standard InChI is InChI=1S/C9H5ClN2O2/c10-9-8-6(4-5-11-9)2-1-3-7(8)12(13)14/h1-5H. The third-order valence-corrected chi connectivity index (χ3v) is 2.21. The van der Waals surface area contributed by atoms with Gasteiger partial charge >= 0.3 is 0 Å². The molecule has 0 aliphatic heterocycles. The molecule has 2 rings (SSSR count). The highest BCUT2D eigenvalue weighted by Crippen LogP contribution is 2.29. The molecule has 1 heterocycles. The van der Waals surface area contributed by atoms with Crippen molar-refractivity contribution in [2.45, 2.75) is 0 Å². The maximum atomic E-state index is 10.7. The summed E-state index contributed by atoms with van der Waals surface area (Å²) in [6, 6.07) is 6.48. The predicted octanol–water partition coefficient (Wildman–Crippen LogP) is 2.80. The van der Waals surface area contributed by atoms with E-state index in [-0.39, 0.29) is 10.8 Å². The van der Waals surface area contributed by atoms with Gasteiger partial charge in [-0.15, -0.1) is 0 Å². The zero-order chi connectivity index (χ0) is 10.1. The molecular formula is C9H5ClN2O2. The highest BCUT2D eigenvalue weighted by atomic mass is 35.5. The minimum Gasteiger partial charge on any atom is -0.258 e. The first kappa shape index (κ1) is 8.90. The normalized spacial score (nSPS) is 10.4. The van der Waals surface area contributed by atoms with Gasteiger partial charge in [0.15, 0.2) is 0 Å². The number of nitro benzene ring substituents is 1. The fourth-order valence-corrected chi connectivity index (χ4v) is 1.58. The number of hydrogen-bond donors (Lipinski definition) is 0. The van der Waals surface area contributed by atoms with Crippen LogP contribution in [-0.4, -0.2) is 9.91 Å². The second-order valence-corrected chi connectivity index (χ2v) is 3.09. The van der Waals surface area contributed by atoms with Crippen LogP contribution in [-0.2, 0) is 0 Å². The van der Waals surface area contributed by atoms with Crippen molar-refractivity contribution < 1.29 is 4.92 Å². The first-order valence-electron chi connectivity index (χ1n) is 3.88. The van der Waals surface area contributed by atoms with Crippen LogP contribution in [0.25, 0.3) is 10.8 Å². The van der Waals surface area contributed by atoms with Gasteiger partial charge in [0.2, 0.25) is 0 Å². The number of nitrogens with zero attached hydrogens (tertiary/aromatic N) is 2. The SMILES string of the molecule is O=[N+]([O-])c1cccc2ccnc(Cl)c12. The number of non-ortho nitro benzene ring substituents is 1. The molecule has 0 aliphatic rings. The molecule has 0 amide bonds. The fourth-order valence-electron chi connectivity index (χ4n) is 1.32. The maximum absolute atomic E-state index is 10.7. The lowest BCUT2D eigenvalue weighted by molar-refractivity contribution is -0.383. The van der Waals surface area contributed by atoms with E-state index in [0.29, 0.717) is 5.39 Å². The van der Waals surface area contributed by atoms with Crippen molar-refractivity contribution in [1.29, 1.82) is 0 Å². The Kier molecular flexibility index (Phi) is 2.05. The van der Waals surface area contributed by atoms with Gasteiger partial charge in [0.05, 0.1) is 10.3 Å². The lowest BCUT2D eigenvalue weighted by Gasteiger charge is -1.99. The van der Waals surface area contributed by atoms with Crippen molar-refractivity contribution in [2.24, 2.45) is 0 Å². The Morgan fingerprint density at radius 2 is 2.14 bits per heavy atom. The van der Waals surface area contributed by atoms with Gasteiger partial charge in [-0.2, -0.15) is 0 Å². The third kappa shape index (κ3) is 1.29. The van der Waals surface area contributed by atoms with Gasteiger partial charge in [0, 0.05) is 12.3 Å². The van der Waals surface area contributed by atoms with Crippen LogP contribution < -0.4 is 0 Å². The van der Waals surface area contributed by atoms with E-state index in [1.807, 2.05) is 0 Å². The molecule has 1 aromatic heterocycles. The van der Waals surface area contributed by atoms with E-state index in [1.165, 1.54) is 12.3 Å². The summed E-state index contributed by atoms with van der Waals surface area (Å²) in [5.74, 6) is 0. The summed E-state index contributed by atoms with van der Waals surface area (Å²) in [6.07, 6.45) is 1.52. The van der Waals surface area contributed by atoms with Crippen molar-refractivity contribution in [3.8, 4) is 0 Å². The Morgan fingerprint density at radius 3 is 2.86 bits per heavy atom. The number of fused-ring (bicyclic) bond motifs is 1. The Bertz CT molecular complexity index is 508. The summed E-state index contributed by atoms with van der Waals surface area (Å²) < 4.78 is 0. The van der Waals surface area contributed by atoms with Crippen molar-refractivity contribution >= 4 is 28.1 Å². The van der Waals surface area contributed by atoms with E-state index in [1.54, 1.807) is 18.2 Å². The lowest BCUT2D eigenvalue weighted by Crippen LogP contribution is -1.90. The smallest absolute Gasteiger partial charge is 0.258 e. The highest BCUT2D eigenvalue weighted by Gasteiger charge is 2.14. The number of rotatable bonds is 1. The minimum atomic E-state index is -0.462. The third-order valence-electron chi connectivity index (χ3n) is 1.92. The molecule has 70 valence electrons. The number of aromatic nitrogens is 1. The van der Waals surface area contributed by atoms with Crippen LogP contribution in [0.2, 0.25) is 5.15 Å². The molecule has 0 fully saturated rings. The van der Waals surface area contributed by atoms with Crippen molar-refractivity contribution in [1.82, 2.24) is 4.98 Å². The van der Waals surface area contributed by atoms with Gasteiger partial charge < -0.3 is 0 Å². The molecule has 0 saturated heterocycles. The van der Waals surface area contributed by atoms with Gasteiger partial charge in [0.25, 0.3) is 5.69 Å². The monoisotopic (exact) mass is 208 g/mol. The first-order valence-corrected chi connectivity index (χ1v) is 4.25. The summed E-state index contributed by atoms with van der Waals surface area (Å²) in [5, 5.41) is 12.0. The van der Waals surface area contributed by atoms with Crippen LogP contribution in [0.4, 0.5) is 5.69 Å². The Labute approximate surface area is 84.3 Å². The van der Waals surface area contributed by atoms with Crippen molar-refractivity contribution in [3.63, 3.8) is 0 Å². The molecule has 1 aromatic carbocycles. The van der Waals surface area contributed by atoms with Crippen LogP contribution >= 0.6 is 11.6 Å². The van der Waals surface area contributed by atoms with Crippen molar-refractivity contribution in [2.75, 3.05) is 0 Å². The summed E-state index contributed by atoms with van der Waals surface area (Å²) >= 11 is 5.79. The number of hydrogen-bond acceptors (Lipinski definition) is 3. The van der Waals surface area contributed by atoms with Gasteiger partial charge in [-0.05, 0) is 11.5 Å². The van der Waals surface area contributed by atoms with Crippen LogP contribution in [0, 0.1) is 10.1 Å². The van der Waals surface area contributed by atoms with Crippen molar-refractivity contribution in [3.05, 3.63) is 45.7 Å². The average molecular weight is 209 g/mol. The summed E-state index contributed by atoms with van der Waals surface area (Å²) in [4.78, 5) is 14.0. The molecule has 0 saturated carbocycles. The summed E-state index contributed by atoms with van der Waals surface area (Å²) in [5.41, 5.74) is -0.0133. The quantitative estimate of drug-likeness (QED) is 0.411. The molecule has 0 bridgehead atoms. The Balaban J connectivity index is 2.91. The molecule has 0 N–H and O–H groups in total. The molecule has 4 nitrogen and oxygen atoms in total. The minimum absolute atomic E-state index is 0.0133. The average Bonchev–Trinajstić information content (AvgIpc) is 2.17. The molecule has 0 aliphatic carbocycles. The fraction of sp³-hybridized carbons (Fsp3) is 0. The zero-order valence-electron chi connectivity index (χ0n) is 6.98. The predicted molar refractivity (Wildman–Crippen MR) is 53.4 cm³/mol. The summed E-state index contributed by atoms with van der Waals surface area (Å²) in [7, 11) is 0. The van der Waals surface area contributed by atoms with E-state index in [0.717, 1.165) is 5.39 Å². The second-order valence-electron chi connectivity index (χ2n) is 2.73. The van der Waals surface area contributed by atoms with Gasteiger partial charge in [-0.3, -0.25) is 10.1 Å². The largest absolute Gasteiger partial charge is 0.280 e. The molecule has 5 heteroatoms. The van der Waals surface area contributed by atoms with E-state index in [2.05, 4.69) is 4.98 Å². The first-order chi connectivity index (χ1) is 6.70. The van der Waals surface area contributed by atoms with Crippen LogP contribution in [0.1, 0.15) is 0 Å². The van der Waals surface area contributed by atoms with E-state index < -0.39 is 4.92 Å². The molecule has 2 aromatic rings. The molecule has 0 radical (unpaired) electrons. The van der Waals surface area contributed by atoms with Gasteiger partial charge in [0.1, 0.15) is 5.15 Å². The molecule has 0 atom stereocenters. The number of benzene rings is 1.